The number of aromatic nitrogens is 3. The van der Waals surface area contributed by atoms with E-state index in [1.54, 1.807) is 0 Å². The Morgan fingerprint density at radius 3 is 2.67 bits per heavy atom. The zero-order valence-corrected chi connectivity index (χ0v) is 13.4. The number of aromatic amines is 1. The summed E-state index contributed by atoms with van der Waals surface area (Å²) < 4.78 is 0. The van der Waals surface area contributed by atoms with Gasteiger partial charge in [-0.2, -0.15) is 5.10 Å². The van der Waals surface area contributed by atoms with E-state index in [0.717, 1.165) is 33.3 Å². The maximum Gasteiger partial charge on any atom is 0.0927 e. The van der Waals surface area contributed by atoms with Crippen LogP contribution >= 0.6 is 0 Å². The van der Waals surface area contributed by atoms with Crippen molar-refractivity contribution in [2.75, 3.05) is 0 Å². The Balaban J connectivity index is 1.77. The third-order valence-electron chi connectivity index (χ3n) is 4.18. The molecule has 0 aliphatic carbocycles. The highest BCUT2D eigenvalue weighted by Gasteiger charge is 2.07. The Morgan fingerprint density at radius 1 is 0.958 bits per heavy atom. The summed E-state index contributed by atoms with van der Waals surface area (Å²) >= 11 is 0. The zero-order chi connectivity index (χ0) is 16.4. The predicted octanol–water partition coefficient (Wildman–Crippen LogP) is 5.10. The van der Waals surface area contributed by atoms with Gasteiger partial charge in [-0.15, -0.1) is 0 Å². The number of H-pyrrole nitrogens is 1. The molecule has 0 saturated carbocycles. The normalized spacial score (nSPS) is 11.4. The van der Waals surface area contributed by atoms with E-state index in [2.05, 4.69) is 58.5 Å². The molecule has 116 valence electrons. The van der Waals surface area contributed by atoms with E-state index in [1.807, 2.05) is 42.7 Å². The summed E-state index contributed by atoms with van der Waals surface area (Å²) in [7, 11) is 0. The number of benzene rings is 2. The van der Waals surface area contributed by atoms with Crippen molar-refractivity contribution in [1.29, 1.82) is 0 Å². The van der Waals surface area contributed by atoms with Gasteiger partial charge in [0.25, 0.3) is 0 Å². The number of rotatable bonds is 3. The standard InChI is InChI=1S/C21H17N3/c1-15-11-12-22-14-19(15)17-8-10-21-18(13-17)20(23-24-21)9-7-16-5-3-2-4-6-16/h2-14H,1H3,(H,23,24)/b9-7+. The van der Waals surface area contributed by atoms with Gasteiger partial charge in [-0.1, -0.05) is 42.5 Å². The second-order valence-electron chi connectivity index (χ2n) is 5.80. The van der Waals surface area contributed by atoms with Gasteiger partial charge in [0.15, 0.2) is 0 Å². The minimum atomic E-state index is 0.942. The Hall–Kier alpha value is -3.20. The first-order chi connectivity index (χ1) is 11.8. The highest BCUT2D eigenvalue weighted by molar-refractivity contribution is 5.92. The monoisotopic (exact) mass is 311 g/mol. The smallest absolute Gasteiger partial charge is 0.0927 e. The van der Waals surface area contributed by atoms with Gasteiger partial charge in [0.2, 0.25) is 0 Å². The van der Waals surface area contributed by atoms with Gasteiger partial charge in [-0.05, 0) is 47.9 Å². The van der Waals surface area contributed by atoms with E-state index in [9.17, 15) is 0 Å². The summed E-state index contributed by atoms with van der Waals surface area (Å²) in [6.45, 7) is 2.10. The van der Waals surface area contributed by atoms with Crippen LogP contribution in [-0.4, -0.2) is 15.2 Å². The maximum absolute atomic E-state index is 4.44. The van der Waals surface area contributed by atoms with Crippen molar-refractivity contribution in [2.45, 2.75) is 6.92 Å². The summed E-state index contributed by atoms with van der Waals surface area (Å²) in [6.07, 6.45) is 7.87. The van der Waals surface area contributed by atoms with E-state index < -0.39 is 0 Å². The van der Waals surface area contributed by atoms with Crippen LogP contribution in [0.5, 0.6) is 0 Å². The Bertz CT molecular complexity index is 1010. The largest absolute Gasteiger partial charge is 0.277 e. The number of nitrogens with one attached hydrogen (secondary N) is 1. The lowest BCUT2D eigenvalue weighted by Gasteiger charge is -2.05. The molecule has 24 heavy (non-hydrogen) atoms. The molecule has 2 aromatic heterocycles. The fraction of sp³-hybridized carbons (Fsp3) is 0.0476. The van der Waals surface area contributed by atoms with Gasteiger partial charge in [0.1, 0.15) is 0 Å². The number of fused-ring (bicyclic) bond motifs is 1. The lowest BCUT2D eigenvalue weighted by atomic mass is 10.0. The fourth-order valence-electron chi connectivity index (χ4n) is 2.83. The minimum Gasteiger partial charge on any atom is -0.277 e. The van der Waals surface area contributed by atoms with E-state index in [-0.39, 0.29) is 0 Å². The van der Waals surface area contributed by atoms with Crippen LogP contribution in [0.25, 0.3) is 34.2 Å². The first-order valence-corrected chi connectivity index (χ1v) is 7.93. The predicted molar refractivity (Wildman–Crippen MR) is 99.4 cm³/mol. The van der Waals surface area contributed by atoms with Crippen molar-refractivity contribution in [2.24, 2.45) is 0 Å². The summed E-state index contributed by atoms with van der Waals surface area (Å²) in [5.74, 6) is 0. The highest BCUT2D eigenvalue weighted by atomic mass is 15.1. The van der Waals surface area contributed by atoms with E-state index >= 15 is 0 Å². The topological polar surface area (TPSA) is 41.6 Å². The number of pyridine rings is 1. The van der Waals surface area contributed by atoms with Crippen LogP contribution in [0.1, 0.15) is 16.8 Å². The average molecular weight is 311 g/mol. The molecule has 1 N–H and O–H groups in total. The maximum atomic E-state index is 4.44. The number of hydrogen-bond acceptors (Lipinski definition) is 2. The molecule has 0 fully saturated rings. The van der Waals surface area contributed by atoms with Gasteiger partial charge in [-0.3, -0.25) is 10.1 Å². The first-order valence-electron chi connectivity index (χ1n) is 7.93. The van der Waals surface area contributed by atoms with Gasteiger partial charge >= 0.3 is 0 Å². The van der Waals surface area contributed by atoms with Crippen molar-refractivity contribution >= 4 is 23.1 Å². The Morgan fingerprint density at radius 2 is 1.83 bits per heavy atom. The first kappa shape index (κ1) is 14.4. The van der Waals surface area contributed by atoms with Crippen molar-refractivity contribution in [3.63, 3.8) is 0 Å². The summed E-state index contributed by atoms with van der Waals surface area (Å²) in [5.41, 5.74) is 6.66. The van der Waals surface area contributed by atoms with Gasteiger partial charge in [0, 0.05) is 23.3 Å². The van der Waals surface area contributed by atoms with E-state index in [4.69, 9.17) is 0 Å². The number of nitrogens with zero attached hydrogens (tertiary/aromatic N) is 2. The summed E-state index contributed by atoms with van der Waals surface area (Å²) in [6, 6.07) is 18.6. The Labute approximate surface area is 140 Å². The highest BCUT2D eigenvalue weighted by Crippen LogP contribution is 2.27. The summed E-state index contributed by atoms with van der Waals surface area (Å²) in [5, 5.41) is 8.65. The minimum absolute atomic E-state index is 0.942. The van der Waals surface area contributed by atoms with Crippen molar-refractivity contribution < 1.29 is 0 Å². The molecular formula is C21H17N3. The van der Waals surface area contributed by atoms with Crippen molar-refractivity contribution in [1.82, 2.24) is 15.2 Å². The van der Waals surface area contributed by atoms with Crippen LogP contribution in [0, 0.1) is 6.92 Å². The molecule has 0 spiro atoms. The average Bonchev–Trinajstić information content (AvgIpc) is 3.03. The Kier molecular flexibility index (Phi) is 3.67. The third kappa shape index (κ3) is 2.72. The van der Waals surface area contributed by atoms with Crippen LogP contribution in [0.3, 0.4) is 0 Å². The molecule has 0 bridgehead atoms. The second kappa shape index (κ2) is 6.13. The van der Waals surface area contributed by atoms with Crippen LogP contribution < -0.4 is 0 Å². The van der Waals surface area contributed by atoms with Crippen molar-refractivity contribution in [3.8, 4) is 11.1 Å². The van der Waals surface area contributed by atoms with Crippen LogP contribution in [0.15, 0.2) is 67.0 Å². The molecule has 0 radical (unpaired) electrons. The number of aryl methyl sites for hydroxylation is 1. The molecule has 3 heteroatoms. The molecule has 0 aliphatic heterocycles. The summed E-state index contributed by atoms with van der Waals surface area (Å²) in [4.78, 5) is 4.25. The van der Waals surface area contributed by atoms with Crippen molar-refractivity contribution in [3.05, 3.63) is 83.8 Å². The quantitative estimate of drug-likeness (QED) is 0.571. The molecule has 0 saturated heterocycles. The zero-order valence-electron chi connectivity index (χ0n) is 13.4. The molecule has 2 heterocycles. The second-order valence-corrected chi connectivity index (χ2v) is 5.80. The molecule has 0 atom stereocenters. The molecule has 4 rings (SSSR count). The third-order valence-corrected chi connectivity index (χ3v) is 4.18. The molecule has 3 nitrogen and oxygen atoms in total. The molecule has 0 aliphatic rings. The lowest BCUT2D eigenvalue weighted by molar-refractivity contribution is 1.11. The van der Waals surface area contributed by atoms with Gasteiger partial charge in [0.05, 0.1) is 11.2 Å². The van der Waals surface area contributed by atoms with E-state index in [1.165, 1.54) is 5.56 Å². The van der Waals surface area contributed by atoms with Crippen LogP contribution in [0.2, 0.25) is 0 Å². The molecule has 4 aromatic rings. The lowest BCUT2D eigenvalue weighted by Crippen LogP contribution is -1.84. The number of hydrogen-bond donors (Lipinski definition) is 1. The van der Waals surface area contributed by atoms with Crippen LogP contribution in [0.4, 0.5) is 0 Å². The molecule has 2 aromatic carbocycles. The molecule has 0 amide bonds. The fourth-order valence-corrected chi connectivity index (χ4v) is 2.83. The molecular weight excluding hydrogens is 294 g/mol. The van der Waals surface area contributed by atoms with E-state index in [0.29, 0.717) is 0 Å². The van der Waals surface area contributed by atoms with Gasteiger partial charge < -0.3 is 0 Å². The molecule has 0 unspecified atom stereocenters. The van der Waals surface area contributed by atoms with Crippen LogP contribution in [-0.2, 0) is 0 Å². The SMILES string of the molecule is Cc1ccncc1-c1ccc2[nH]nc(/C=C/c3ccccc3)c2c1. The van der Waals surface area contributed by atoms with Gasteiger partial charge in [-0.25, -0.2) is 0 Å².